The molecule has 94 valence electrons. The average molecular weight is 420 g/mol. The van der Waals surface area contributed by atoms with Crippen LogP contribution < -0.4 is 5.32 Å². The van der Waals surface area contributed by atoms with E-state index in [0.29, 0.717) is 12.1 Å². The fourth-order valence-corrected chi connectivity index (χ4v) is 2.68. The van der Waals surface area contributed by atoms with Crippen LogP contribution in [0.1, 0.15) is 11.1 Å². The molecule has 18 heavy (non-hydrogen) atoms. The molecule has 0 saturated carbocycles. The van der Waals surface area contributed by atoms with Gasteiger partial charge < -0.3 is 5.32 Å². The van der Waals surface area contributed by atoms with Gasteiger partial charge in [0.15, 0.2) is 0 Å². The van der Waals surface area contributed by atoms with Crippen LogP contribution in [0.2, 0.25) is 0 Å². The van der Waals surface area contributed by atoms with E-state index in [1.165, 1.54) is 15.2 Å². The Kier molecular flexibility index (Phi) is 5.14. The van der Waals surface area contributed by atoms with Crippen LogP contribution in [0.25, 0.3) is 0 Å². The second-order valence-corrected chi connectivity index (χ2v) is 6.13. The Morgan fingerprint density at radius 2 is 1.94 bits per heavy atom. The summed E-state index contributed by atoms with van der Waals surface area (Å²) in [4.78, 5) is 0. The summed E-state index contributed by atoms with van der Waals surface area (Å²) in [5.74, 6) is -0.173. The van der Waals surface area contributed by atoms with Gasteiger partial charge in [0.1, 0.15) is 5.82 Å². The van der Waals surface area contributed by atoms with Gasteiger partial charge in [-0.15, -0.1) is 0 Å². The molecule has 0 fully saturated rings. The first kappa shape index (κ1) is 14.0. The number of rotatable bonds is 4. The van der Waals surface area contributed by atoms with Crippen LogP contribution in [0.15, 0.2) is 46.9 Å². The van der Waals surface area contributed by atoms with Gasteiger partial charge in [0.25, 0.3) is 0 Å². The second kappa shape index (κ2) is 6.63. The first-order valence-electron chi connectivity index (χ1n) is 5.54. The van der Waals surface area contributed by atoms with E-state index in [4.69, 9.17) is 0 Å². The minimum absolute atomic E-state index is 0.173. The van der Waals surface area contributed by atoms with E-state index in [2.05, 4.69) is 62.0 Å². The predicted octanol–water partition coefficient (Wildman–Crippen LogP) is 4.48. The molecule has 2 aromatic carbocycles. The van der Waals surface area contributed by atoms with Gasteiger partial charge in [-0.05, 0) is 58.5 Å². The molecule has 0 atom stereocenters. The van der Waals surface area contributed by atoms with Crippen LogP contribution in [0.3, 0.4) is 0 Å². The molecular weight excluding hydrogens is 408 g/mol. The molecule has 0 aliphatic carbocycles. The fourth-order valence-electron chi connectivity index (χ4n) is 1.67. The van der Waals surface area contributed by atoms with Crippen LogP contribution in [-0.4, -0.2) is 0 Å². The molecule has 0 spiro atoms. The summed E-state index contributed by atoms with van der Waals surface area (Å²) in [5.41, 5.74) is 1.88. The predicted molar refractivity (Wildman–Crippen MR) is 83.8 cm³/mol. The maximum absolute atomic E-state index is 13.5. The Balaban J connectivity index is 1.94. The van der Waals surface area contributed by atoms with Crippen LogP contribution >= 0.6 is 38.5 Å². The van der Waals surface area contributed by atoms with E-state index in [1.54, 1.807) is 12.1 Å². The van der Waals surface area contributed by atoms with Gasteiger partial charge in [-0.3, -0.25) is 0 Å². The van der Waals surface area contributed by atoms with Gasteiger partial charge in [0.05, 0.1) is 0 Å². The van der Waals surface area contributed by atoms with Crippen molar-refractivity contribution in [2.24, 2.45) is 0 Å². The molecule has 0 heterocycles. The van der Waals surface area contributed by atoms with Gasteiger partial charge in [-0.25, -0.2) is 4.39 Å². The maximum atomic E-state index is 13.5. The second-order valence-electron chi connectivity index (χ2n) is 3.97. The van der Waals surface area contributed by atoms with E-state index in [9.17, 15) is 4.39 Å². The van der Waals surface area contributed by atoms with Gasteiger partial charge in [0, 0.05) is 26.7 Å². The number of nitrogens with one attached hydrogen (secondary N) is 1. The van der Waals surface area contributed by atoms with Crippen molar-refractivity contribution in [1.82, 2.24) is 5.32 Å². The van der Waals surface area contributed by atoms with Crippen molar-refractivity contribution < 1.29 is 4.39 Å². The third-order valence-electron chi connectivity index (χ3n) is 2.54. The van der Waals surface area contributed by atoms with Gasteiger partial charge >= 0.3 is 0 Å². The van der Waals surface area contributed by atoms with Crippen molar-refractivity contribution in [3.63, 3.8) is 0 Å². The molecule has 0 aliphatic heterocycles. The highest BCUT2D eigenvalue weighted by Gasteiger charge is 2.02. The average Bonchev–Trinajstić information content (AvgIpc) is 2.34. The third kappa shape index (κ3) is 4.03. The normalized spacial score (nSPS) is 10.6. The van der Waals surface area contributed by atoms with Crippen molar-refractivity contribution in [2.45, 2.75) is 13.1 Å². The van der Waals surface area contributed by atoms with Crippen molar-refractivity contribution in [3.8, 4) is 0 Å². The molecular formula is C14H12BrFIN. The summed E-state index contributed by atoms with van der Waals surface area (Å²) in [6.07, 6.45) is 0. The van der Waals surface area contributed by atoms with Gasteiger partial charge in [-0.1, -0.05) is 28.1 Å². The Morgan fingerprint density at radius 3 is 2.72 bits per heavy atom. The molecule has 0 bridgehead atoms. The summed E-state index contributed by atoms with van der Waals surface area (Å²) in [6.45, 7) is 1.26. The number of hydrogen-bond acceptors (Lipinski definition) is 1. The summed E-state index contributed by atoms with van der Waals surface area (Å²) in [7, 11) is 0. The highest BCUT2D eigenvalue weighted by molar-refractivity contribution is 14.1. The highest BCUT2D eigenvalue weighted by Crippen LogP contribution is 2.15. The Labute approximate surface area is 128 Å². The fraction of sp³-hybridized carbons (Fsp3) is 0.143. The minimum Gasteiger partial charge on any atom is -0.309 e. The van der Waals surface area contributed by atoms with E-state index in [0.717, 1.165) is 11.0 Å². The lowest BCUT2D eigenvalue weighted by Crippen LogP contribution is -2.13. The maximum Gasteiger partial charge on any atom is 0.127 e. The lowest BCUT2D eigenvalue weighted by molar-refractivity contribution is 0.587. The molecule has 2 aromatic rings. The number of halogens is 3. The quantitative estimate of drug-likeness (QED) is 0.720. The third-order valence-corrected chi connectivity index (χ3v) is 3.71. The number of hydrogen-bond donors (Lipinski definition) is 1. The summed E-state index contributed by atoms with van der Waals surface area (Å²) < 4.78 is 15.6. The highest BCUT2D eigenvalue weighted by atomic mass is 127. The largest absolute Gasteiger partial charge is 0.309 e. The van der Waals surface area contributed by atoms with Crippen molar-refractivity contribution in [2.75, 3.05) is 0 Å². The molecule has 2 rings (SSSR count). The van der Waals surface area contributed by atoms with Crippen LogP contribution in [0, 0.1) is 9.39 Å². The summed E-state index contributed by atoms with van der Waals surface area (Å²) in [6, 6.07) is 13.2. The minimum atomic E-state index is -0.173. The lowest BCUT2D eigenvalue weighted by Gasteiger charge is -2.07. The number of benzene rings is 2. The topological polar surface area (TPSA) is 12.0 Å². The van der Waals surface area contributed by atoms with Crippen LogP contribution in [0.5, 0.6) is 0 Å². The molecule has 0 unspecified atom stereocenters. The molecule has 0 aliphatic rings. The molecule has 0 saturated heterocycles. The van der Waals surface area contributed by atoms with E-state index in [-0.39, 0.29) is 5.82 Å². The lowest BCUT2D eigenvalue weighted by atomic mass is 10.2. The molecule has 4 heteroatoms. The smallest absolute Gasteiger partial charge is 0.127 e. The summed E-state index contributed by atoms with van der Waals surface area (Å²) in [5, 5.41) is 3.25. The Bertz CT molecular complexity index is 545. The zero-order valence-electron chi connectivity index (χ0n) is 9.59. The van der Waals surface area contributed by atoms with Gasteiger partial charge in [0.2, 0.25) is 0 Å². The van der Waals surface area contributed by atoms with Crippen molar-refractivity contribution in [1.29, 1.82) is 0 Å². The molecule has 1 N–H and O–H groups in total. The van der Waals surface area contributed by atoms with E-state index < -0.39 is 0 Å². The van der Waals surface area contributed by atoms with Crippen LogP contribution in [-0.2, 0) is 13.1 Å². The zero-order valence-corrected chi connectivity index (χ0v) is 13.3. The van der Waals surface area contributed by atoms with Crippen LogP contribution in [0.4, 0.5) is 4.39 Å². The Hall–Kier alpha value is -0.460. The first-order chi connectivity index (χ1) is 8.65. The molecule has 0 radical (unpaired) electrons. The standard InChI is InChI=1S/C14H12BrFIN/c15-12-4-5-14(16)11(7-12)9-18-8-10-2-1-3-13(17)6-10/h1-7,18H,8-9H2. The summed E-state index contributed by atoms with van der Waals surface area (Å²) >= 11 is 5.63. The van der Waals surface area contributed by atoms with Crippen molar-refractivity contribution >= 4 is 38.5 Å². The molecule has 0 amide bonds. The van der Waals surface area contributed by atoms with Gasteiger partial charge in [-0.2, -0.15) is 0 Å². The first-order valence-corrected chi connectivity index (χ1v) is 7.41. The Morgan fingerprint density at radius 1 is 1.11 bits per heavy atom. The monoisotopic (exact) mass is 419 g/mol. The van der Waals surface area contributed by atoms with Crippen molar-refractivity contribution in [3.05, 3.63) is 67.5 Å². The molecule has 0 aromatic heterocycles. The van der Waals surface area contributed by atoms with E-state index in [1.807, 2.05) is 6.07 Å². The van der Waals surface area contributed by atoms with E-state index >= 15 is 0 Å². The SMILES string of the molecule is Fc1ccc(Br)cc1CNCc1cccc(I)c1. The zero-order chi connectivity index (χ0) is 13.0. The molecule has 1 nitrogen and oxygen atoms in total.